The van der Waals surface area contributed by atoms with E-state index in [0.29, 0.717) is 0 Å². The summed E-state index contributed by atoms with van der Waals surface area (Å²) in [6.07, 6.45) is 0. The van der Waals surface area contributed by atoms with Crippen LogP contribution in [0.5, 0.6) is 0 Å². The van der Waals surface area contributed by atoms with Crippen LogP contribution in [0.3, 0.4) is 0 Å². The average Bonchev–Trinajstić information content (AvgIpc) is 3.46. The van der Waals surface area contributed by atoms with Crippen LogP contribution in [0.25, 0.3) is 75.6 Å². The van der Waals surface area contributed by atoms with E-state index in [1.165, 1.54) is 53.2 Å². The summed E-state index contributed by atoms with van der Waals surface area (Å²) in [4.78, 5) is 10.4. The van der Waals surface area contributed by atoms with Crippen molar-refractivity contribution in [2.24, 2.45) is 0 Å². The molecular formula is C42H32N2S. The van der Waals surface area contributed by atoms with E-state index in [1.807, 2.05) is 29.5 Å². The second-order valence-corrected chi connectivity index (χ2v) is 14.5. The van der Waals surface area contributed by atoms with Crippen LogP contribution in [0.2, 0.25) is 0 Å². The van der Waals surface area contributed by atoms with Gasteiger partial charge in [0.2, 0.25) is 0 Å². The summed E-state index contributed by atoms with van der Waals surface area (Å²) >= 11 is 1.92. The van der Waals surface area contributed by atoms with Gasteiger partial charge in [0, 0.05) is 36.7 Å². The second-order valence-electron chi connectivity index (χ2n) is 13.4. The van der Waals surface area contributed by atoms with Crippen molar-refractivity contribution in [2.45, 2.75) is 38.5 Å². The van der Waals surface area contributed by atoms with Crippen molar-refractivity contribution in [3.63, 3.8) is 0 Å². The van der Waals surface area contributed by atoms with Crippen LogP contribution in [0, 0.1) is 0 Å². The molecule has 45 heavy (non-hydrogen) atoms. The predicted molar refractivity (Wildman–Crippen MR) is 192 cm³/mol. The van der Waals surface area contributed by atoms with E-state index in [2.05, 4.69) is 131 Å². The molecule has 0 aliphatic heterocycles. The molecule has 2 aromatic heterocycles. The smallest absolute Gasteiger partial charge is 0.0973 e. The van der Waals surface area contributed by atoms with E-state index in [-0.39, 0.29) is 10.8 Å². The first-order valence-corrected chi connectivity index (χ1v) is 16.5. The Morgan fingerprint density at radius 1 is 0.511 bits per heavy atom. The zero-order valence-electron chi connectivity index (χ0n) is 25.8. The number of fused-ring (bicyclic) bond motifs is 10. The molecule has 2 nitrogen and oxygen atoms in total. The van der Waals surface area contributed by atoms with E-state index >= 15 is 0 Å². The summed E-state index contributed by atoms with van der Waals surface area (Å²) in [5.74, 6) is 0. The van der Waals surface area contributed by atoms with E-state index in [1.54, 1.807) is 0 Å². The van der Waals surface area contributed by atoms with Gasteiger partial charge >= 0.3 is 0 Å². The first-order chi connectivity index (χ1) is 21.8. The fourth-order valence-corrected chi connectivity index (χ4v) is 8.72. The summed E-state index contributed by atoms with van der Waals surface area (Å²) in [5, 5.41) is 5.45. The third-order valence-corrected chi connectivity index (χ3v) is 11.7. The van der Waals surface area contributed by atoms with Gasteiger partial charge in [0.1, 0.15) is 0 Å². The van der Waals surface area contributed by atoms with Crippen molar-refractivity contribution < 1.29 is 0 Å². The van der Waals surface area contributed by atoms with E-state index in [4.69, 9.17) is 9.97 Å². The number of benzene rings is 6. The van der Waals surface area contributed by atoms with Gasteiger partial charge in [0.05, 0.1) is 22.4 Å². The van der Waals surface area contributed by atoms with Crippen molar-refractivity contribution in [2.75, 3.05) is 0 Å². The molecule has 6 aromatic carbocycles. The van der Waals surface area contributed by atoms with Gasteiger partial charge in [0.15, 0.2) is 0 Å². The van der Waals surface area contributed by atoms with Gasteiger partial charge in [-0.3, -0.25) is 0 Å². The molecule has 0 atom stereocenters. The Morgan fingerprint density at radius 3 is 1.91 bits per heavy atom. The highest BCUT2D eigenvalue weighted by atomic mass is 32.1. The SMILES string of the molecule is CC1(C)c2cc(-c3nc4ccccc4nc3-c3ccccc3)ccc2-c2ccc3sc4ccc5ccccc5c4c3c2C1(C)C. The van der Waals surface area contributed by atoms with Crippen molar-refractivity contribution in [1.29, 1.82) is 0 Å². The molecule has 0 amide bonds. The first kappa shape index (κ1) is 26.5. The standard InChI is InChI=1S/C42H32N2S/c1-41(2)31-24-27(40-39(26-13-6-5-7-14-26)43-32-16-10-11-17-33(32)44-40)18-20-29(31)30-21-23-35-37(38(30)42(41,3)4)36-28-15-9-8-12-25(28)19-22-34(36)45-35/h5-24H,1-4H3. The minimum Gasteiger partial charge on any atom is -0.244 e. The molecule has 0 radical (unpaired) electrons. The van der Waals surface area contributed by atoms with E-state index in [9.17, 15) is 0 Å². The van der Waals surface area contributed by atoms with E-state index < -0.39 is 0 Å². The number of nitrogens with zero attached hydrogens (tertiary/aromatic N) is 2. The van der Waals surface area contributed by atoms with Crippen LogP contribution in [0.15, 0.2) is 121 Å². The summed E-state index contributed by atoms with van der Waals surface area (Å²) in [6, 6.07) is 43.8. The molecule has 2 heterocycles. The van der Waals surface area contributed by atoms with Crippen LogP contribution in [-0.2, 0) is 10.8 Å². The fraction of sp³-hybridized carbons (Fsp3) is 0.143. The highest BCUT2D eigenvalue weighted by Gasteiger charge is 2.47. The van der Waals surface area contributed by atoms with Crippen LogP contribution < -0.4 is 0 Å². The lowest BCUT2D eigenvalue weighted by Crippen LogP contribution is -2.43. The maximum absolute atomic E-state index is 5.24. The largest absolute Gasteiger partial charge is 0.244 e. The van der Waals surface area contributed by atoms with Crippen molar-refractivity contribution >= 4 is 53.3 Å². The highest BCUT2D eigenvalue weighted by molar-refractivity contribution is 7.26. The Labute approximate surface area is 267 Å². The van der Waals surface area contributed by atoms with Gasteiger partial charge in [-0.25, -0.2) is 9.97 Å². The van der Waals surface area contributed by atoms with Crippen LogP contribution in [-0.4, -0.2) is 9.97 Å². The number of aromatic nitrogens is 2. The minimum atomic E-state index is -0.157. The van der Waals surface area contributed by atoms with Gasteiger partial charge in [-0.2, -0.15) is 0 Å². The average molecular weight is 597 g/mol. The lowest BCUT2D eigenvalue weighted by atomic mass is 9.54. The minimum absolute atomic E-state index is 0.143. The summed E-state index contributed by atoms with van der Waals surface area (Å²) in [7, 11) is 0. The van der Waals surface area contributed by atoms with Gasteiger partial charge in [-0.1, -0.05) is 119 Å². The number of hydrogen-bond acceptors (Lipinski definition) is 3. The molecule has 1 aliphatic carbocycles. The summed E-state index contributed by atoms with van der Waals surface area (Å²) < 4.78 is 2.72. The molecule has 3 heteroatoms. The molecule has 0 saturated carbocycles. The molecule has 0 spiro atoms. The Kier molecular flexibility index (Phi) is 5.50. The fourth-order valence-electron chi connectivity index (χ4n) is 7.59. The third kappa shape index (κ3) is 3.68. The Hall–Kier alpha value is -4.86. The summed E-state index contributed by atoms with van der Waals surface area (Å²) in [5.41, 5.74) is 11.0. The second kappa shape index (κ2) is 9.32. The van der Waals surface area contributed by atoms with Gasteiger partial charge < -0.3 is 0 Å². The Balaban J connectivity index is 1.34. The topological polar surface area (TPSA) is 25.8 Å². The zero-order chi connectivity index (χ0) is 30.5. The maximum atomic E-state index is 5.24. The Bertz CT molecular complexity index is 2480. The summed E-state index contributed by atoms with van der Waals surface area (Å²) in [6.45, 7) is 9.74. The molecular weight excluding hydrogens is 565 g/mol. The van der Waals surface area contributed by atoms with Crippen molar-refractivity contribution in [3.05, 3.63) is 132 Å². The maximum Gasteiger partial charge on any atom is 0.0973 e. The normalized spacial score (nSPS) is 15.0. The van der Waals surface area contributed by atoms with Crippen LogP contribution >= 0.6 is 11.3 Å². The zero-order valence-corrected chi connectivity index (χ0v) is 26.7. The molecule has 1 aliphatic rings. The van der Waals surface area contributed by atoms with Crippen molar-refractivity contribution in [3.8, 4) is 33.6 Å². The van der Waals surface area contributed by atoms with Crippen LogP contribution in [0.1, 0.15) is 38.8 Å². The Morgan fingerprint density at radius 2 is 1.13 bits per heavy atom. The quantitative estimate of drug-likeness (QED) is 0.198. The number of hydrogen-bond donors (Lipinski definition) is 0. The molecule has 0 saturated heterocycles. The van der Waals surface area contributed by atoms with Gasteiger partial charge in [0.25, 0.3) is 0 Å². The van der Waals surface area contributed by atoms with Crippen LogP contribution in [0.4, 0.5) is 0 Å². The number of thiophene rings is 1. The van der Waals surface area contributed by atoms with Gasteiger partial charge in [-0.15, -0.1) is 11.3 Å². The molecule has 216 valence electrons. The van der Waals surface area contributed by atoms with Gasteiger partial charge in [-0.05, 0) is 68.8 Å². The molecule has 9 rings (SSSR count). The van der Waals surface area contributed by atoms with E-state index in [0.717, 1.165) is 33.5 Å². The third-order valence-electron chi connectivity index (χ3n) is 10.6. The first-order valence-electron chi connectivity index (χ1n) is 15.7. The molecule has 0 fully saturated rings. The lowest BCUT2D eigenvalue weighted by molar-refractivity contribution is 0.301. The molecule has 8 aromatic rings. The lowest BCUT2D eigenvalue weighted by Gasteiger charge is -2.49. The molecule has 0 bridgehead atoms. The number of para-hydroxylation sites is 2. The highest BCUT2D eigenvalue weighted by Crippen LogP contribution is 2.58. The molecule has 0 unspecified atom stereocenters. The predicted octanol–water partition coefficient (Wildman–Crippen LogP) is 11.7. The monoisotopic (exact) mass is 596 g/mol. The van der Waals surface area contributed by atoms with Crippen molar-refractivity contribution in [1.82, 2.24) is 9.97 Å². The molecule has 0 N–H and O–H groups in total. The number of rotatable bonds is 2.